The van der Waals surface area contributed by atoms with Crippen LogP contribution in [0.1, 0.15) is 16.7 Å². The lowest BCUT2D eigenvalue weighted by molar-refractivity contribution is -0.116. The van der Waals surface area contributed by atoms with E-state index in [-0.39, 0.29) is 5.91 Å². The zero-order valence-corrected chi connectivity index (χ0v) is 10.5. The molecule has 0 aliphatic carbocycles. The zero-order chi connectivity index (χ0) is 11.4. The molecule has 1 rings (SSSR count). The Morgan fingerprint density at radius 1 is 1.47 bits per heavy atom. The van der Waals surface area contributed by atoms with Crippen LogP contribution >= 0.6 is 15.9 Å². The van der Waals surface area contributed by atoms with E-state index in [0.717, 1.165) is 15.6 Å². The number of benzene rings is 1. The van der Waals surface area contributed by atoms with Crippen molar-refractivity contribution in [3.8, 4) is 0 Å². The molecule has 0 radical (unpaired) electrons. The fourth-order valence-corrected chi connectivity index (χ4v) is 1.88. The van der Waals surface area contributed by atoms with E-state index < -0.39 is 0 Å². The van der Waals surface area contributed by atoms with E-state index in [1.807, 2.05) is 13.8 Å². The van der Waals surface area contributed by atoms with E-state index in [4.69, 9.17) is 0 Å². The number of hydrogen-bond acceptors (Lipinski definition) is 1. The fourth-order valence-electron chi connectivity index (χ4n) is 1.30. The molecule has 1 aromatic rings. The maximum absolute atomic E-state index is 11.0. The highest BCUT2D eigenvalue weighted by Gasteiger charge is 2.06. The van der Waals surface area contributed by atoms with Gasteiger partial charge >= 0.3 is 0 Å². The van der Waals surface area contributed by atoms with Crippen molar-refractivity contribution in [1.82, 2.24) is 5.32 Å². The van der Waals surface area contributed by atoms with Crippen LogP contribution in [0.25, 0.3) is 0 Å². The molecule has 1 amide bonds. The minimum Gasteiger partial charge on any atom is -0.348 e. The second-order valence-corrected chi connectivity index (χ2v) is 4.21. The molecule has 0 aromatic heterocycles. The molecule has 0 saturated carbocycles. The molecule has 0 atom stereocenters. The van der Waals surface area contributed by atoms with Crippen molar-refractivity contribution < 1.29 is 4.79 Å². The van der Waals surface area contributed by atoms with Crippen LogP contribution in [0.15, 0.2) is 29.3 Å². The van der Waals surface area contributed by atoms with Crippen LogP contribution in [0.2, 0.25) is 0 Å². The molecule has 2 nitrogen and oxygen atoms in total. The molecule has 0 aliphatic rings. The Hall–Kier alpha value is -1.09. The maximum Gasteiger partial charge on any atom is 0.243 e. The van der Waals surface area contributed by atoms with E-state index in [0.29, 0.717) is 6.54 Å². The minimum atomic E-state index is -0.150. The van der Waals surface area contributed by atoms with Crippen molar-refractivity contribution >= 4 is 21.8 Å². The maximum atomic E-state index is 11.0. The first kappa shape index (κ1) is 12.0. The Bertz CT molecular complexity index is 399. The lowest BCUT2D eigenvalue weighted by Crippen LogP contribution is -2.20. The van der Waals surface area contributed by atoms with Gasteiger partial charge in [-0.2, -0.15) is 0 Å². The second-order valence-electron chi connectivity index (χ2n) is 3.41. The SMILES string of the molecule is C=CC(=O)NCc1c(C)ccc(C)c1Br. The second kappa shape index (κ2) is 5.12. The third kappa shape index (κ3) is 2.93. The summed E-state index contributed by atoms with van der Waals surface area (Å²) in [7, 11) is 0. The first-order chi connectivity index (χ1) is 7.06. The van der Waals surface area contributed by atoms with Crippen molar-refractivity contribution in [2.24, 2.45) is 0 Å². The summed E-state index contributed by atoms with van der Waals surface area (Å²) in [6.45, 7) is 8.00. The molecule has 80 valence electrons. The predicted octanol–water partition coefficient (Wildman–Crippen LogP) is 2.87. The largest absolute Gasteiger partial charge is 0.348 e. The fraction of sp³-hybridized carbons (Fsp3) is 0.250. The number of halogens is 1. The van der Waals surface area contributed by atoms with Gasteiger partial charge < -0.3 is 5.32 Å². The normalized spacial score (nSPS) is 9.80. The van der Waals surface area contributed by atoms with Gasteiger partial charge in [-0.3, -0.25) is 4.79 Å². The van der Waals surface area contributed by atoms with Crippen LogP contribution in [0, 0.1) is 13.8 Å². The summed E-state index contributed by atoms with van der Waals surface area (Å²) in [6.07, 6.45) is 1.28. The summed E-state index contributed by atoms with van der Waals surface area (Å²) in [5, 5.41) is 2.77. The van der Waals surface area contributed by atoms with Crippen LogP contribution in [0.4, 0.5) is 0 Å². The standard InChI is InChI=1S/C12H14BrNO/c1-4-11(15)14-7-10-8(2)5-6-9(3)12(10)13/h4-6H,1,7H2,2-3H3,(H,14,15). The smallest absolute Gasteiger partial charge is 0.243 e. The number of amides is 1. The Kier molecular flexibility index (Phi) is 4.09. The number of carbonyl (C=O) groups is 1. The van der Waals surface area contributed by atoms with Crippen LogP contribution < -0.4 is 5.32 Å². The highest BCUT2D eigenvalue weighted by molar-refractivity contribution is 9.10. The lowest BCUT2D eigenvalue weighted by Gasteiger charge is -2.11. The summed E-state index contributed by atoms with van der Waals surface area (Å²) in [5.41, 5.74) is 3.45. The molecule has 0 heterocycles. The molecule has 0 saturated heterocycles. The average molecular weight is 268 g/mol. The number of nitrogens with one attached hydrogen (secondary N) is 1. The average Bonchev–Trinajstić information content (AvgIpc) is 2.23. The molecule has 0 spiro atoms. The highest BCUT2D eigenvalue weighted by atomic mass is 79.9. The van der Waals surface area contributed by atoms with E-state index in [1.165, 1.54) is 11.6 Å². The molecule has 0 fully saturated rings. The summed E-state index contributed by atoms with van der Waals surface area (Å²) >= 11 is 3.53. The van der Waals surface area contributed by atoms with E-state index >= 15 is 0 Å². The van der Waals surface area contributed by atoms with Crippen LogP contribution in [0.3, 0.4) is 0 Å². The van der Waals surface area contributed by atoms with Gasteiger partial charge in [0.15, 0.2) is 0 Å². The van der Waals surface area contributed by atoms with Crippen molar-refractivity contribution in [1.29, 1.82) is 0 Å². The summed E-state index contributed by atoms with van der Waals surface area (Å²) in [5.74, 6) is -0.150. The third-order valence-electron chi connectivity index (χ3n) is 2.30. The summed E-state index contributed by atoms with van der Waals surface area (Å²) in [6, 6.07) is 4.10. The third-order valence-corrected chi connectivity index (χ3v) is 3.40. The van der Waals surface area contributed by atoms with E-state index in [1.54, 1.807) is 0 Å². The van der Waals surface area contributed by atoms with E-state index in [9.17, 15) is 4.79 Å². The monoisotopic (exact) mass is 267 g/mol. The first-order valence-electron chi connectivity index (χ1n) is 4.71. The molecule has 15 heavy (non-hydrogen) atoms. The van der Waals surface area contributed by atoms with Gasteiger partial charge in [0.1, 0.15) is 0 Å². The summed E-state index contributed by atoms with van der Waals surface area (Å²) < 4.78 is 1.06. The summed E-state index contributed by atoms with van der Waals surface area (Å²) in [4.78, 5) is 11.0. The van der Waals surface area contributed by atoms with Gasteiger partial charge in [-0.15, -0.1) is 0 Å². The molecule has 1 aromatic carbocycles. The lowest BCUT2D eigenvalue weighted by atomic mass is 10.1. The topological polar surface area (TPSA) is 29.1 Å². The molecular weight excluding hydrogens is 254 g/mol. The number of aryl methyl sites for hydroxylation is 2. The molecule has 0 bridgehead atoms. The molecule has 1 N–H and O–H groups in total. The number of carbonyl (C=O) groups excluding carboxylic acids is 1. The van der Waals surface area contributed by atoms with Crippen molar-refractivity contribution in [3.05, 3.63) is 46.0 Å². The molecule has 3 heteroatoms. The Balaban J connectivity index is 2.89. The van der Waals surface area contributed by atoms with Crippen molar-refractivity contribution in [2.45, 2.75) is 20.4 Å². The predicted molar refractivity (Wildman–Crippen MR) is 65.7 cm³/mol. The van der Waals surface area contributed by atoms with Gasteiger partial charge in [-0.1, -0.05) is 34.6 Å². The Morgan fingerprint density at radius 3 is 2.67 bits per heavy atom. The van der Waals surface area contributed by atoms with Gasteiger partial charge in [0.2, 0.25) is 5.91 Å². The van der Waals surface area contributed by atoms with Gasteiger partial charge in [-0.25, -0.2) is 0 Å². The Morgan fingerprint density at radius 2 is 2.07 bits per heavy atom. The quantitative estimate of drug-likeness (QED) is 0.839. The molecular formula is C12H14BrNO. The zero-order valence-electron chi connectivity index (χ0n) is 8.93. The Labute approximate surface area is 98.5 Å². The van der Waals surface area contributed by atoms with Crippen LogP contribution in [-0.4, -0.2) is 5.91 Å². The highest BCUT2D eigenvalue weighted by Crippen LogP contribution is 2.24. The van der Waals surface area contributed by atoms with Crippen molar-refractivity contribution in [3.63, 3.8) is 0 Å². The number of hydrogen-bond donors (Lipinski definition) is 1. The minimum absolute atomic E-state index is 0.150. The van der Waals surface area contributed by atoms with Gasteiger partial charge in [0, 0.05) is 11.0 Å². The van der Waals surface area contributed by atoms with Gasteiger partial charge in [0.25, 0.3) is 0 Å². The molecule has 0 aliphatic heterocycles. The van der Waals surface area contributed by atoms with Gasteiger partial charge in [0.05, 0.1) is 0 Å². The van der Waals surface area contributed by atoms with Crippen LogP contribution in [0.5, 0.6) is 0 Å². The van der Waals surface area contributed by atoms with Gasteiger partial charge in [-0.05, 0) is 36.6 Å². The molecule has 0 unspecified atom stereocenters. The van der Waals surface area contributed by atoms with Crippen molar-refractivity contribution in [2.75, 3.05) is 0 Å². The van der Waals surface area contributed by atoms with Crippen LogP contribution in [-0.2, 0) is 11.3 Å². The van der Waals surface area contributed by atoms with E-state index in [2.05, 4.69) is 40.0 Å². The first-order valence-corrected chi connectivity index (χ1v) is 5.50. The number of rotatable bonds is 3.